The highest BCUT2D eigenvalue weighted by atomic mass is 17.2. The molecule has 0 fully saturated rings. The molecule has 0 radical (unpaired) electrons. The number of nitrogens with zero attached hydrogens (tertiary/aromatic N) is 2. The molecule has 6 N–H and O–H groups in total. The zero-order chi connectivity index (χ0) is 30.2. The number of hydrogen-bond acceptors (Lipinski definition) is 13. The Bertz CT molecular complexity index is 1470. The van der Waals surface area contributed by atoms with Crippen LogP contribution in [0.25, 0.3) is 11.0 Å². The lowest BCUT2D eigenvalue weighted by atomic mass is 9.85. The summed E-state index contributed by atoms with van der Waals surface area (Å²) in [7, 11) is 0. The summed E-state index contributed by atoms with van der Waals surface area (Å²) in [5, 5.41) is 58.7. The van der Waals surface area contributed by atoms with E-state index < -0.39 is 49.3 Å². The van der Waals surface area contributed by atoms with Crippen molar-refractivity contribution in [3.8, 4) is 5.75 Å². The molecule has 1 aromatic heterocycles. The minimum Gasteiger partial charge on any atom is -0.482 e. The Kier molecular flexibility index (Phi) is 8.83. The number of aliphatic hydroxyl groups excluding tert-OH is 6. The van der Waals surface area contributed by atoms with Crippen LogP contribution in [-0.2, 0) is 16.2 Å². The van der Waals surface area contributed by atoms with Gasteiger partial charge in [-0.15, -0.1) is 0 Å². The zero-order valence-corrected chi connectivity index (χ0v) is 23.3. The van der Waals surface area contributed by atoms with Crippen molar-refractivity contribution in [2.24, 2.45) is 4.99 Å². The molecule has 6 unspecified atom stereocenters. The van der Waals surface area contributed by atoms with Crippen LogP contribution < -0.4 is 15.1 Å². The molecule has 0 spiro atoms. The van der Waals surface area contributed by atoms with E-state index in [4.69, 9.17) is 24.0 Å². The summed E-state index contributed by atoms with van der Waals surface area (Å²) >= 11 is 0. The Labute approximate surface area is 241 Å². The predicted molar refractivity (Wildman–Crippen MR) is 150 cm³/mol. The molecule has 6 atom stereocenters. The molecule has 0 saturated heterocycles. The second kappa shape index (κ2) is 12.2. The average Bonchev–Trinajstić information content (AvgIpc) is 3.57. The summed E-state index contributed by atoms with van der Waals surface area (Å²) in [6.45, 7) is 2.53. The normalized spacial score (nSPS) is 24.1. The van der Waals surface area contributed by atoms with Gasteiger partial charge in [0.25, 0.3) is 0 Å². The molecule has 0 saturated carbocycles. The Morgan fingerprint density at radius 2 is 1.93 bits per heavy atom. The Morgan fingerprint density at radius 1 is 1.17 bits per heavy atom. The number of rotatable bonds is 12. The number of fused-ring (bicyclic) bond motifs is 3. The van der Waals surface area contributed by atoms with E-state index >= 15 is 0 Å². The van der Waals surface area contributed by atoms with Crippen LogP contribution >= 0.6 is 0 Å². The second-order valence-corrected chi connectivity index (χ2v) is 11.0. The first kappa shape index (κ1) is 30.3. The van der Waals surface area contributed by atoms with Gasteiger partial charge in [0, 0.05) is 42.6 Å². The molecule has 3 aliphatic heterocycles. The Hall–Kier alpha value is -3.14. The molecule has 228 valence electrons. The first-order valence-electron chi connectivity index (χ1n) is 13.8. The smallest absolute Gasteiger partial charge is 0.193 e. The van der Waals surface area contributed by atoms with Gasteiger partial charge >= 0.3 is 0 Å². The molecule has 2 aromatic rings. The molecule has 3 aliphatic rings. The summed E-state index contributed by atoms with van der Waals surface area (Å²) < 4.78 is 12.8. The fraction of sp³-hybridized carbons (Fsp3) is 0.517. The number of ether oxygens (including phenoxy) is 1. The van der Waals surface area contributed by atoms with Crippen LogP contribution in [0.2, 0.25) is 0 Å². The third-order valence-electron chi connectivity index (χ3n) is 7.87. The van der Waals surface area contributed by atoms with Crippen molar-refractivity contribution in [3.63, 3.8) is 0 Å². The fourth-order valence-electron chi connectivity index (χ4n) is 5.45. The third kappa shape index (κ3) is 5.74. The van der Waals surface area contributed by atoms with Crippen molar-refractivity contribution < 1.29 is 49.6 Å². The molecule has 13 nitrogen and oxygen atoms in total. The second-order valence-electron chi connectivity index (χ2n) is 11.0. The van der Waals surface area contributed by atoms with Gasteiger partial charge in [-0.05, 0) is 38.8 Å². The van der Waals surface area contributed by atoms with E-state index in [1.54, 1.807) is 26.1 Å². The molecule has 13 heteroatoms. The molecular weight excluding hydrogens is 552 g/mol. The van der Waals surface area contributed by atoms with Crippen molar-refractivity contribution in [1.82, 2.24) is 0 Å². The van der Waals surface area contributed by atoms with Gasteiger partial charge in [0.15, 0.2) is 16.8 Å². The minimum atomic E-state index is -1.81. The van der Waals surface area contributed by atoms with Gasteiger partial charge in [0.05, 0.1) is 24.2 Å². The molecule has 5 rings (SSSR count). The summed E-state index contributed by atoms with van der Waals surface area (Å²) in [5.41, 5.74) is 2.16. The van der Waals surface area contributed by atoms with Crippen molar-refractivity contribution >= 4 is 22.9 Å². The minimum absolute atomic E-state index is 0.0988. The number of aryl methyl sites for hydroxylation is 1. The summed E-state index contributed by atoms with van der Waals surface area (Å²) in [6, 6.07) is 3.12. The topological polar surface area (TPSA) is 195 Å². The van der Waals surface area contributed by atoms with Gasteiger partial charge < -0.3 is 44.7 Å². The van der Waals surface area contributed by atoms with Crippen LogP contribution in [-0.4, -0.2) is 99.3 Å². The van der Waals surface area contributed by atoms with Crippen LogP contribution in [0.15, 0.2) is 49.9 Å². The largest absolute Gasteiger partial charge is 0.482 e. The predicted octanol–water partition coefficient (Wildman–Crippen LogP) is -0.00758. The standard InChI is InChI=1S/C29H36N2O11/c1-15-8-20(34)18-9-17-10-23(42-39-14-22(36)26(38)25(37)21(35)13-33)29(2,5-3-7-32)41-27(17)24(28(18)40-15)31-11-16-4-6-30-19(16)12-31/h4,6,8-9,12,21-23,25-26,32-33,35-38H,3,5,7,10-11,13-14H2,1-2H3. The summed E-state index contributed by atoms with van der Waals surface area (Å²) in [4.78, 5) is 30.4. The van der Waals surface area contributed by atoms with Gasteiger partial charge in [-0.1, -0.05) is 0 Å². The van der Waals surface area contributed by atoms with E-state index in [2.05, 4.69) is 4.99 Å². The maximum absolute atomic E-state index is 13.1. The molecular formula is C29H36N2O11. The number of anilines is 1. The highest BCUT2D eigenvalue weighted by Gasteiger charge is 2.45. The Morgan fingerprint density at radius 3 is 2.64 bits per heavy atom. The SMILES string of the molecule is Cc1cc(=O)c2cc3c(c(N4C=C5N=CC=C5C4)c2o1)OC(C)(CCCO)C(OOCC(O)C(O)C(O)C(O)CO)C3. The zero-order valence-electron chi connectivity index (χ0n) is 23.3. The van der Waals surface area contributed by atoms with Gasteiger partial charge in [-0.25, -0.2) is 9.78 Å². The number of allylic oxidation sites excluding steroid dienone is 1. The lowest BCUT2D eigenvalue weighted by molar-refractivity contribution is -0.360. The number of benzene rings is 1. The molecule has 1 aromatic carbocycles. The van der Waals surface area contributed by atoms with E-state index in [1.807, 2.05) is 17.2 Å². The number of aliphatic hydroxyl groups is 6. The van der Waals surface area contributed by atoms with Crippen molar-refractivity contribution in [1.29, 1.82) is 0 Å². The average molecular weight is 589 g/mol. The van der Waals surface area contributed by atoms with Crippen LogP contribution in [0.4, 0.5) is 5.69 Å². The quantitative estimate of drug-likeness (QED) is 0.144. The van der Waals surface area contributed by atoms with E-state index in [0.717, 1.165) is 11.3 Å². The van der Waals surface area contributed by atoms with E-state index in [-0.39, 0.29) is 18.5 Å². The molecule has 4 heterocycles. The van der Waals surface area contributed by atoms with E-state index in [1.165, 1.54) is 6.07 Å². The third-order valence-corrected chi connectivity index (χ3v) is 7.87. The fourth-order valence-corrected chi connectivity index (χ4v) is 5.45. The highest BCUT2D eigenvalue weighted by molar-refractivity contribution is 5.96. The lowest BCUT2D eigenvalue weighted by Gasteiger charge is -2.42. The van der Waals surface area contributed by atoms with Crippen LogP contribution in [0.1, 0.15) is 31.1 Å². The van der Waals surface area contributed by atoms with Gasteiger partial charge in [0.2, 0.25) is 0 Å². The van der Waals surface area contributed by atoms with E-state index in [0.29, 0.717) is 53.1 Å². The van der Waals surface area contributed by atoms with Gasteiger partial charge in [0.1, 0.15) is 54.2 Å². The maximum atomic E-state index is 13.1. The van der Waals surface area contributed by atoms with Crippen molar-refractivity contribution in [2.45, 2.75) is 69.2 Å². The number of aliphatic imine (C=N–C) groups is 1. The summed E-state index contributed by atoms with van der Waals surface area (Å²) in [5.74, 6) is 0.943. The monoisotopic (exact) mass is 588 g/mol. The highest BCUT2D eigenvalue weighted by Crippen LogP contribution is 2.48. The maximum Gasteiger partial charge on any atom is 0.193 e. The van der Waals surface area contributed by atoms with Crippen LogP contribution in [0.5, 0.6) is 5.75 Å². The lowest BCUT2D eigenvalue weighted by Crippen LogP contribution is -2.51. The van der Waals surface area contributed by atoms with Crippen molar-refractivity contribution in [3.05, 3.63) is 57.2 Å². The van der Waals surface area contributed by atoms with Gasteiger partial charge in [-0.2, -0.15) is 0 Å². The van der Waals surface area contributed by atoms with E-state index in [9.17, 15) is 30.3 Å². The van der Waals surface area contributed by atoms with Crippen LogP contribution in [0, 0.1) is 6.92 Å². The summed E-state index contributed by atoms with van der Waals surface area (Å²) in [6.07, 6.45) is -1.21. The first-order valence-corrected chi connectivity index (χ1v) is 13.8. The molecule has 42 heavy (non-hydrogen) atoms. The first-order chi connectivity index (χ1) is 20.1. The number of hydrogen-bond donors (Lipinski definition) is 6. The Balaban J connectivity index is 1.47. The van der Waals surface area contributed by atoms with Gasteiger partial charge in [-0.3, -0.25) is 9.79 Å². The van der Waals surface area contributed by atoms with Crippen LogP contribution in [0.3, 0.4) is 0 Å². The molecule has 0 bridgehead atoms. The molecule has 0 aliphatic carbocycles. The van der Waals surface area contributed by atoms with Crippen molar-refractivity contribution in [2.75, 3.05) is 31.3 Å². The molecule has 0 amide bonds.